The molecule has 0 amide bonds. The summed E-state index contributed by atoms with van der Waals surface area (Å²) in [5.74, 6) is 0.871. The molecule has 2 fully saturated rings. The van der Waals surface area contributed by atoms with E-state index in [9.17, 15) is 0 Å². The lowest BCUT2D eigenvalue weighted by Gasteiger charge is -2.37. The van der Waals surface area contributed by atoms with Gasteiger partial charge >= 0.3 is 0 Å². The number of methoxy groups -OCH3 is 1. The number of hydrogen-bond donors (Lipinski definition) is 0. The van der Waals surface area contributed by atoms with Crippen LogP contribution in [0.25, 0.3) is 0 Å². The van der Waals surface area contributed by atoms with Gasteiger partial charge < -0.3 is 4.74 Å². The van der Waals surface area contributed by atoms with E-state index >= 15 is 0 Å². The van der Waals surface area contributed by atoms with Gasteiger partial charge in [0.15, 0.2) is 0 Å². The van der Waals surface area contributed by atoms with E-state index in [1.165, 1.54) is 50.5 Å². The summed E-state index contributed by atoms with van der Waals surface area (Å²) in [5.41, 5.74) is 5.11. The first-order valence-electron chi connectivity index (χ1n) is 8.22. The lowest BCUT2D eigenvalue weighted by atomic mass is 9.70. The van der Waals surface area contributed by atoms with Crippen molar-refractivity contribution >= 4 is 0 Å². The minimum Gasteiger partial charge on any atom is -0.381 e. The maximum atomic E-state index is 5.51. The van der Waals surface area contributed by atoms with Gasteiger partial charge in [-0.3, -0.25) is 0 Å². The Morgan fingerprint density at radius 2 is 1.85 bits per heavy atom. The van der Waals surface area contributed by atoms with Crippen molar-refractivity contribution in [3.05, 3.63) is 34.9 Å². The first kappa shape index (κ1) is 14.1. The quantitative estimate of drug-likeness (QED) is 0.748. The lowest BCUT2D eigenvalue weighted by Crippen LogP contribution is -2.30. The van der Waals surface area contributed by atoms with Gasteiger partial charge in [0.2, 0.25) is 0 Å². The Morgan fingerprint density at radius 3 is 2.40 bits per heavy atom. The van der Waals surface area contributed by atoms with Crippen LogP contribution in [0.1, 0.15) is 68.1 Å². The Kier molecular flexibility index (Phi) is 3.90. The lowest BCUT2D eigenvalue weighted by molar-refractivity contribution is 0.0325. The third-order valence-electron chi connectivity index (χ3n) is 5.51. The van der Waals surface area contributed by atoms with Crippen molar-refractivity contribution in [2.45, 2.75) is 70.8 Å². The average molecular weight is 272 g/mol. The van der Waals surface area contributed by atoms with Crippen LogP contribution in [0.15, 0.2) is 18.2 Å². The fourth-order valence-corrected chi connectivity index (χ4v) is 3.75. The number of rotatable bonds is 4. The minimum absolute atomic E-state index is 0.473. The van der Waals surface area contributed by atoms with Gasteiger partial charge in [-0.2, -0.15) is 0 Å². The molecule has 0 unspecified atom stereocenters. The summed E-state index contributed by atoms with van der Waals surface area (Å²) in [6, 6.07) is 7.22. The maximum Gasteiger partial charge on any atom is 0.0571 e. The molecular weight excluding hydrogens is 244 g/mol. The van der Waals surface area contributed by atoms with Crippen molar-refractivity contribution in [2.75, 3.05) is 7.11 Å². The second-order valence-electron chi connectivity index (χ2n) is 7.38. The molecule has 20 heavy (non-hydrogen) atoms. The van der Waals surface area contributed by atoms with E-state index in [2.05, 4.69) is 32.0 Å². The third kappa shape index (κ3) is 3.09. The van der Waals surface area contributed by atoms with Crippen LogP contribution in [-0.4, -0.2) is 13.2 Å². The highest BCUT2D eigenvalue weighted by Gasteiger charge is 2.32. The summed E-state index contributed by atoms with van der Waals surface area (Å²) >= 11 is 0. The van der Waals surface area contributed by atoms with E-state index in [0.717, 1.165) is 5.92 Å². The van der Waals surface area contributed by atoms with E-state index in [1.807, 2.05) is 7.11 Å². The van der Waals surface area contributed by atoms with Crippen molar-refractivity contribution in [3.63, 3.8) is 0 Å². The van der Waals surface area contributed by atoms with Gasteiger partial charge in [0.1, 0.15) is 0 Å². The predicted octanol–water partition coefficient (Wildman–Crippen LogP) is 5.01. The van der Waals surface area contributed by atoms with Crippen molar-refractivity contribution in [1.29, 1.82) is 0 Å². The number of ether oxygens (including phenoxy) is 1. The summed E-state index contributed by atoms with van der Waals surface area (Å²) in [5, 5.41) is 0. The molecule has 0 aromatic heterocycles. The van der Waals surface area contributed by atoms with Gasteiger partial charge in [0, 0.05) is 7.11 Å². The Labute approximate surface area is 123 Å². The molecule has 3 rings (SSSR count). The van der Waals surface area contributed by atoms with Crippen molar-refractivity contribution in [3.8, 4) is 0 Å². The highest BCUT2D eigenvalue weighted by Crippen LogP contribution is 2.42. The molecule has 0 saturated heterocycles. The van der Waals surface area contributed by atoms with E-state index in [4.69, 9.17) is 4.74 Å². The van der Waals surface area contributed by atoms with Crippen LogP contribution < -0.4 is 0 Å². The van der Waals surface area contributed by atoms with Crippen LogP contribution >= 0.6 is 0 Å². The molecule has 1 aromatic carbocycles. The molecule has 0 aliphatic heterocycles. The second-order valence-corrected chi connectivity index (χ2v) is 7.38. The van der Waals surface area contributed by atoms with Gasteiger partial charge in [0.05, 0.1) is 6.10 Å². The predicted molar refractivity (Wildman–Crippen MR) is 84.2 cm³/mol. The van der Waals surface area contributed by atoms with Crippen LogP contribution in [0.3, 0.4) is 0 Å². The molecular formula is C19H28O. The summed E-state index contributed by atoms with van der Waals surface area (Å²) in [7, 11) is 1.86. The molecule has 0 spiro atoms. The van der Waals surface area contributed by atoms with E-state index < -0.39 is 0 Å². The molecule has 1 heteroatoms. The summed E-state index contributed by atoms with van der Waals surface area (Å²) < 4.78 is 5.51. The Bertz CT molecular complexity index is 465. The Balaban J connectivity index is 1.67. The number of benzene rings is 1. The summed E-state index contributed by atoms with van der Waals surface area (Å²) in [6.07, 6.45) is 9.59. The molecule has 1 nitrogen and oxygen atoms in total. The Morgan fingerprint density at radius 1 is 1.15 bits per heavy atom. The van der Waals surface area contributed by atoms with E-state index in [1.54, 1.807) is 11.1 Å². The van der Waals surface area contributed by atoms with Crippen molar-refractivity contribution in [1.82, 2.24) is 0 Å². The molecule has 0 N–H and O–H groups in total. The fraction of sp³-hybridized carbons (Fsp3) is 0.684. The fourth-order valence-electron chi connectivity index (χ4n) is 3.75. The largest absolute Gasteiger partial charge is 0.381 e. The van der Waals surface area contributed by atoms with Gasteiger partial charge in [-0.25, -0.2) is 0 Å². The van der Waals surface area contributed by atoms with Crippen LogP contribution in [-0.2, 0) is 11.2 Å². The van der Waals surface area contributed by atoms with E-state index in [-0.39, 0.29) is 0 Å². The monoisotopic (exact) mass is 272 g/mol. The topological polar surface area (TPSA) is 9.23 Å². The zero-order valence-electron chi connectivity index (χ0n) is 13.2. The number of hydrogen-bond acceptors (Lipinski definition) is 1. The Hall–Kier alpha value is -0.820. The molecule has 1 aromatic rings. The summed E-state index contributed by atoms with van der Waals surface area (Å²) in [6.45, 7) is 4.76. The first-order chi connectivity index (χ1) is 9.59. The standard InChI is InChI=1S/C19H28O/c1-14-12-16(15-4-5-15)6-7-17(14)13-19(2)10-8-18(20-3)9-11-19/h6-7,12,15,18H,4-5,8-11,13H2,1-3H3. The van der Waals surface area contributed by atoms with Crippen LogP contribution in [0.2, 0.25) is 0 Å². The SMILES string of the molecule is COC1CCC(C)(Cc2ccc(C3CC3)cc2C)CC1. The maximum absolute atomic E-state index is 5.51. The number of aryl methyl sites for hydroxylation is 1. The summed E-state index contributed by atoms with van der Waals surface area (Å²) in [4.78, 5) is 0. The molecule has 0 radical (unpaired) electrons. The zero-order chi connectivity index (χ0) is 14.2. The van der Waals surface area contributed by atoms with Gasteiger partial charge in [-0.1, -0.05) is 25.1 Å². The second kappa shape index (κ2) is 5.52. The highest BCUT2D eigenvalue weighted by atomic mass is 16.5. The van der Waals surface area contributed by atoms with Gasteiger partial charge in [-0.15, -0.1) is 0 Å². The van der Waals surface area contributed by atoms with Crippen LogP contribution in [0.4, 0.5) is 0 Å². The van der Waals surface area contributed by atoms with Gasteiger partial charge in [-0.05, 0) is 79.9 Å². The molecule has 2 aliphatic carbocycles. The average Bonchev–Trinajstić information content (AvgIpc) is 3.26. The normalized spacial score (nSPS) is 30.4. The van der Waals surface area contributed by atoms with Crippen LogP contribution in [0, 0.1) is 12.3 Å². The first-order valence-corrected chi connectivity index (χ1v) is 8.22. The van der Waals surface area contributed by atoms with Crippen molar-refractivity contribution < 1.29 is 4.74 Å². The third-order valence-corrected chi connectivity index (χ3v) is 5.51. The molecule has 2 saturated carbocycles. The highest BCUT2D eigenvalue weighted by molar-refractivity contribution is 5.35. The molecule has 0 atom stereocenters. The van der Waals surface area contributed by atoms with E-state index in [0.29, 0.717) is 11.5 Å². The smallest absolute Gasteiger partial charge is 0.0571 e. The molecule has 0 heterocycles. The zero-order valence-corrected chi connectivity index (χ0v) is 13.2. The van der Waals surface area contributed by atoms with Crippen molar-refractivity contribution in [2.24, 2.45) is 5.41 Å². The van der Waals surface area contributed by atoms with Crippen LogP contribution in [0.5, 0.6) is 0 Å². The molecule has 2 aliphatic rings. The van der Waals surface area contributed by atoms with Gasteiger partial charge in [0.25, 0.3) is 0 Å². The molecule has 110 valence electrons. The minimum atomic E-state index is 0.473. The molecule has 0 bridgehead atoms.